The molecule has 2 aliphatic rings. The van der Waals surface area contributed by atoms with Crippen molar-refractivity contribution in [2.45, 2.75) is 76.6 Å². The minimum atomic E-state index is -0.463. The second-order valence-corrected chi connectivity index (χ2v) is 8.53. The number of rotatable bonds is 3. The van der Waals surface area contributed by atoms with E-state index in [1.54, 1.807) is 0 Å². The molecule has 1 N–H and O–H groups in total. The highest BCUT2D eigenvalue weighted by molar-refractivity contribution is 5.69. The second-order valence-electron chi connectivity index (χ2n) is 8.53. The zero-order valence-electron chi connectivity index (χ0n) is 15.3. The smallest absolute Gasteiger partial charge is 0.410 e. The third-order valence-corrected chi connectivity index (χ3v) is 4.97. The monoisotopic (exact) mass is 330 g/mol. The van der Waals surface area contributed by atoms with Crippen LogP contribution in [0.1, 0.15) is 65.0 Å². The summed E-state index contributed by atoms with van der Waals surface area (Å²) in [7, 11) is 0. The van der Waals surface area contributed by atoms with Gasteiger partial charge in [0.15, 0.2) is 0 Å². The lowest BCUT2D eigenvalue weighted by molar-refractivity contribution is 0.00612. The van der Waals surface area contributed by atoms with Gasteiger partial charge < -0.3 is 15.0 Å². The molecule has 4 nitrogen and oxygen atoms in total. The molecule has 3 rings (SSSR count). The molecule has 2 atom stereocenters. The maximum atomic E-state index is 12.7. The van der Waals surface area contributed by atoms with Crippen LogP contribution in [0, 0.1) is 0 Å². The fraction of sp³-hybridized carbons (Fsp3) is 0.650. The lowest BCUT2D eigenvalue weighted by Gasteiger charge is -2.41. The Morgan fingerprint density at radius 2 is 1.92 bits per heavy atom. The van der Waals surface area contributed by atoms with Crippen LogP contribution < -0.4 is 5.32 Å². The van der Waals surface area contributed by atoms with Gasteiger partial charge in [-0.2, -0.15) is 0 Å². The van der Waals surface area contributed by atoms with Crippen LogP contribution in [0.2, 0.25) is 0 Å². The third kappa shape index (κ3) is 4.29. The van der Waals surface area contributed by atoms with Crippen LogP contribution >= 0.6 is 0 Å². The number of carbonyl (C=O) groups excluding carboxylic acids is 1. The molecule has 0 aromatic heterocycles. The maximum absolute atomic E-state index is 12.7. The molecule has 0 bridgehead atoms. The molecule has 1 aromatic carbocycles. The van der Waals surface area contributed by atoms with Crippen LogP contribution in [0.5, 0.6) is 0 Å². The van der Waals surface area contributed by atoms with E-state index in [9.17, 15) is 4.79 Å². The average Bonchev–Trinajstić information content (AvgIpc) is 3.23. The summed E-state index contributed by atoms with van der Waals surface area (Å²) >= 11 is 0. The number of nitrogens with one attached hydrogen (secondary N) is 1. The summed E-state index contributed by atoms with van der Waals surface area (Å²) in [4.78, 5) is 14.6. The molecule has 1 aliphatic carbocycles. The quantitative estimate of drug-likeness (QED) is 0.900. The Kier molecular flexibility index (Phi) is 4.60. The van der Waals surface area contributed by atoms with Crippen LogP contribution in [-0.2, 0) is 4.74 Å². The lowest BCUT2D eigenvalue weighted by atomic mass is 9.91. The lowest BCUT2D eigenvalue weighted by Crippen LogP contribution is -2.50. The zero-order chi connectivity index (χ0) is 17.4. The fourth-order valence-electron chi connectivity index (χ4n) is 3.45. The van der Waals surface area contributed by atoms with E-state index in [0.29, 0.717) is 11.6 Å². The van der Waals surface area contributed by atoms with Gasteiger partial charge in [0.25, 0.3) is 0 Å². The number of hydrogen-bond donors (Lipinski definition) is 1. The molecule has 1 saturated carbocycles. The van der Waals surface area contributed by atoms with Gasteiger partial charge in [0.2, 0.25) is 0 Å². The summed E-state index contributed by atoms with van der Waals surface area (Å²) in [5, 5.41) is 3.80. The van der Waals surface area contributed by atoms with Gasteiger partial charge in [-0.1, -0.05) is 30.3 Å². The highest BCUT2D eigenvalue weighted by Gasteiger charge is 2.42. The van der Waals surface area contributed by atoms with E-state index in [-0.39, 0.29) is 12.1 Å². The summed E-state index contributed by atoms with van der Waals surface area (Å²) < 4.78 is 5.64. The SMILES string of the molecule is CC1(NC2CCN(C(=O)OC(C)(C)C)[C@H](c3ccccc3)C2)CC1. The molecule has 1 unspecified atom stereocenters. The van der Waals surface area contributed by atoms with Crippen molar-refractivity contribution < 1.29 is 9.53 Å². The normalized spacial score (nSPS) is 26.1. The number of likely N-dealkylation sites (tertiary alicyclic amines) is 1. The Hall–Kier alpha value is -1.55. The molecule has 0 radical (unpaired) electrons. The van der Waals surface area contributed by atoms with Crippen molar-refractivity contribution in [3.05, 3.63) is 35.9 Å². The van der Waals surface area contributed by atoms with E-state index in [2.05, 4.69) is 24.4 Å². The predicted octanol–water partition coefficient (Wildman–Crippen LogP) is 4.27. The van der Waals surface area contributed by atoms with Gasteiger partial charge in [-0.3, -0.25) is 0 Å². The summed E-state index contributed by atoms with van der Waals surface area (Å²) in [6.45, 7) is 8.80. The molecule has 2 fully saturated rings. The molecule has 1 amide bonds. The first kappa shape index (κ1) is 17.3. The minimum Gasteiger partial charge on any atom is -0.444 e. The topological polar surface area (TPSA) is 41.6 Å². The Balaban J connectivity index is 1.76. The largest absolute Gasteiger partial charge is 0.444 e. The number of piperidine rings is 1. The molecule has 0 spiro atoms. The van der Waals surface area contributed by atoms with Gasteiger partial charge in [-0.05, 0) is 58.9 Å². The van der Waals surface area contributed by atoms with Gasteiger partial charge in [-0.15, -0.1) is 0 Å². The van der Waals surface area contributed by atoms with Crippen molar-refractivity contribution in [2.75, 3.05) is 6.54 Å². The fourth-order valence-corrected chi connectivity index (χ4v) is 3.45. The van der Waals surface area contributed by atoms with Gasteiger partial charge in [0.1, 0.15) is 5.60 Å². The number of hydrogen-bond acceptors (Lipinski definition) is 3. The van der Waals surface area contributed by atoms with Crippen molar-refractivity contribution in [3.63, 3.8) is 0 Å². The van der Waals surface area contributed by atoms with Crippen molar-refractivity contribution in [3.8, 4) is 0 Å². The molecule has 1 aliphatic heterocycles. The summed E-state index contributed by atoms with van der Waals surface area (Å²) in [6, 6.07) is 10.9. The van der Waals surface area contributed by atoms with E-state index in [0.717, 1.165) is 19.4 Å². The van der Waals surface area contributed by atoms with Crippen LogP contribution in [0.3, 0.4) is 0 Å². The Morgan fingerprint density at radius 3 is 2.50 bits per heavy atom. The maximum Gasteiger partial charge on any atom is 0.410 e. The first-order valence-corrected chi connectivity index (χ1v) is 9.08. The van der Waals surface area contributed by atoms with Crippen LogP contribution in [-0.4, -0.2) is 34.7 Å². The summed E-state index contributed by atoms with van der Waals surface area (Å²) in [6.07, 6.45) is 4.24. The van der Waals surface area contributed by atoms with E-state index in [4.69, 9.17) is 4.74 Å². The Labute approximate surface area is 145 Å². The minimum absolute atomic E-state index is 0.0784. The Bertz CT molecular complexity index is 575. The zero-order valence-corrected chi connectivity index (χ0v) is 15.3. The van der Waals surface area contributed by atoms with Crippen molar-refractivity contribution in [1.82, 2.24) is 10.2 Å². The molecule has 4 heteroatoms. The Morgan fingerprint density at radius 1 is 1.25 bits per heavy atom. The standard InChI is InChI=1S/C20H30N2O2/c1-19(2,3)24-18(23)22-13-10-16(21-20(4)11-12-20)14-17(22)15-8-6-5-7-9-15/h5-9,16-17,21H,10-14H2,1-4H3/t16?,17-/m0/s1. The number of amides is 1. The van der Waals surface area contributed by atoms with Crippen LogP contribution in [0.25, 0.3) is 0 Å². The van der Waals surface area contributed by atoms with E-state index in [1.165, 1.54) is 18.4 Å². The van der Waals surface area contributed by atoms with Gasteiger partial charge in [0.05, 0.1) is 6.04 Å². The van der Waals surface area contributed by atoms with Gasteiger partial charge in [-0.25, -0.2) is 4.79 Å². The average molecular weight is 330 g/mol. The highest BCUT2D eigenvalue weighted by atomic mass is 16.6. The summed E-state index contributed by atoms with van der Waals surface area (Å²) in [5.41, 5.74) is 1.05. The first-order chi connectivity index (χ1) is 11.3. The van der Waals surface area contributed by atoms with Crippen molar-refractivity contribution in [1.29, 1.82) is 0 Å². The molecular weight excluding hydrogens is 300 g/mol. The van der Waals surface area contributed by atoms with E-state index < -0.39 is 5.60 Å². The second kappa shape index (κ2) is 6.40. The highest BCUT2D eigenvalue weighted by Crippen LogP contribution is 2.38. The number of ether oxygens (including phenoxy) is 1. The molecule has 1 heterocycles. The van der Waals surface area contributed by atoms with E-state index >= 15 is 0 Å². The number of benzene rings is 1. The van der Waals surface area contributed by atoms with Crippen molar-refractivity contribution >= 4 is 6.09 Å². The third-order valence-electron chi connectivity index (χ3n) is 4.97. The van der Waals surface area contributed by atoms with Crippen molar-refractivity contribution in [2.24, 2.45) is 0 Å². The first-order valence-electron chi connectivity index (χ1n) is 9.08. The molecule has 1 aromatic rings. The number of carbonyl (C=O) groups is 1. The van der Waals surface area contributed by atoms with Gasteiger partial charge >= 0.3 is 6.09 Å². The molecule has 1 saturated heterocycles. The van der Waals surface area contributed by atoms with Gasteiger partial charge in [0, 0.05) is 18.1 Å². The van der Waals surface area contributed by atoms with Crippen LogP contribution in [0.15, 0.2) is 30.3 Å². The molecule has 24 heavy (non-hydrogen) atoms. The van der Waals surface area contributed by atoms with E-state index in [1.807, 2.05) is 43.9 Å². The predicted molar refractivity (Wildman–Crippen MR) is 95.9 cm³/mol. The number of nitrogens with zero attached hydrogens (tertiary/aromatic N) is 1. The van der Waals surface area contributed by atoms with Crippen LogP contribution in [0.4, 0.5) is 4.79 Å². The molecule has 132 valence electrons. The summed E-state index contributed by atoms with van der Waals surface area (Å²) in [5.74, 6) is 0. The molecular formula is C20H30N2O2.